The summed E-state index contributed by atoms with van der Waals surface area (Å²) in [5.74, 6) is 3.59. The molecule has 6 fully saturated rings. The molecule has 4 aromatic heterocycles. The third kappa shape index (κ3) is 11.3. The van der Waals surface area contributed by atoms with Crippen molar-refractivity contribution >= 4 is 123 Å². The van der Waals surface area contributed by atoms with Gasteiger partial charge >= 0.3 is 0 Å². The van der Waals surface area contributed by atoms with E-state index in [0.29, 0.717) is 139 Å². The molecule has 14 rings (SSSR count). The van der Waals surface area contributed by atoms with Gasteiger partial charge in [-0.1, -0.05) is 68.8 Å². The number of hydrogen-bond acceptors (Lipinski definition) is 12. The van der Waals surface area contributed by atoms with E-state index in [-0.39, 0.29) is 23.4 Å². The molecule has 6 saturated carbocycles. The first kappa shape index (κ1) is 54.7. The fourth-order valence-corrected chi connectivity index (χ4v) is 15.8. The van der Waals surface area contributed by atoms with E-state index >= 15 is 0 Å². The van der Waals surface area contributed by atoms with Gasteiger partial charge in [-0.2, -0.15) is 0 Å². The molecule has 12 nitrogen and oxygen atoms in total. The summed E-state index contributed by atoms with van der Waals surface area (Å²) in [6.07, 6.45) is 10.8. The maximum absolute atomic E-state index is 14.5. The van der Waals surface area contributed by atoms with Crippen molar-refractivity contribution in [3.05, 3.63) is 147 Å². The van der Waals surface area contributed by atoms with Crippen LogP contribution in [0.1, 0.15) is 117 Å². The zero-order valence-corrected chi connectivity index (χ0v) is 48.2. The van der Waals surface area contributed by atoms with E-state index in [1.165, 1.54) is 34.8 Å². The Hall–Kier alpha value is -4.89. The van der Waals surface area contributed by atoms with Crippen LogP contribution in [0, 0.1) is 48.5 Å². The summed E-state index contributed by atoms with van der Waals surface area (Å²) in [7, 11) is 0. The minimum Gasteiger partial charge on any atom is -0.383 e. The maximum Gasteiger partial charge on any atom is 0.191 e. The number of Topliss-reactive ketones (excluding diaryl/α,β-unsaturated/α-hetero) is 1. The highest BCUT2D eigenvalue weighted by molar-refractivity contribution is 9.11. The van der Waals surface area contributed by atoms with E-state index in [0.717, 1.165) is 86.9 Å². The molecular weight excluding hydrogens is 1200 g/mol. The number of halogens is 7. The van der Waals surface area contributed by atoms with Gasteiger partial charge in [0.1, 0.15) is 62.0 Å². The second kappa shape index (κ2) is 22.5. The van der Waals surface area contributed by atoms with Gasteiger partial charge in [0.05, 0.1) is 58.7 Å². The molecule has 6 aliphatic rings. The molecule has 7 atom stereocenters. The van der Waals surface area contributed by atoms with Crippen molar-refractivity contribution in [1.82, 2.24) is 20.3 Å². The third-order valence-corrected chi connectivity index (χ3v) is 20.0. The number of aromatic nitrogens is 4. The van der Waals surface area contributed by atoms with Crippen molar-refractivity contribution in [3.63, 3.8) is 0 Å². The van der Waals surface area contributed by atoms with E-state index in [9.17, 15) is 18.7 Å². The van der Waals surface area contributed by atoms with Gasteiger partial charge in [0.2, 0.25) is 0 Å². The lowest BCUT2D eigenvalue weighted by Crippen LogP contribution is -2.23. The van der Waals surface area contributed by atoms with Crippen molar-refractivity contribution < 1.29 is 37.2 Å². The summed E-state index contributed by atoms with van der Waals surface area (Å²) in [4.78, 5) is 26.5. The Labute approximate surface area is 489 Å². The Morgan fingerprint density at radius 3 is 1.54 bits per heavy atom. The second-order valence-corrected chi connectivity index (χ2v) is 26.4. The van der Waals surface area contributed by atoms with Crippen LogP contribution < -0.4 is 0 Å². The van der Waals surface area contributed by atoms with Crippen molar-refractivity contribution in [1.29, 1.82) is 0 Å². The van der Waals surface area contributed by atoms with Crippen LogP contribution >= 0.6 is 85.0 Å². The van der Waals surface area contributed by atoms with Crippen LogP contribution in [0.3, 0.4) is 0 Å². The Morgan fingerprint density at radius 2 is 1.10 bits per heavy atom. The zero-order valence-electron chi connectivity index (χ0n) is 41.9. The Bertz CT molecular complexity index is 3700. The molecule has 79 heavy (non-hydrogen) atoms. The fraction of sp³-hybridized carbons (Fsp3) is 0.397. The number of nitrogens with zero attached hydrogens (tertiary/aromatic N) is 6. The van der Waals surface area contributed by atoms with Crippen molar-refractivity contribution in [2.75, 3.05) is 0 Å². The number of benzene rings is 4. The van der Waals surface area contributed by atoms with Crippen LogP contribution in [-0.4, -0.2) is 43.4 Å². The Balaban J connectivity index is 0.000000134. The van der Waals surface area contributed by atoms with Gasteiger partial charge in [-0.3, -0.25) is 4.79 Å². The lowest BCUT2D eigenvalue weighted by Gasteiger charge is -2.22. The summed E-state index contributed by atoms with van der Waals surface area (Å²) in [6.45, 7) is 14.7. The third-order valence-electron chi connectivity index (χ3n) is 16.1. The minimum atomic E-state index is -1.09. The lowest BCUT2D eigenvalue weighted by atomic mass is 9.98. The topological polar surface area (TPSA) is 142 Å². The number of ether oxygens (including phenoxy) is 2. The average molecular weight is 1250 g/mol. The molecule has 3 unspecified atom stereocenters. The number of hydrogen-bond donors (Lipinski definition) is 1. The van der Waals surface area contributed by atoms with Gasteiger partial charge < -0.3 is 23.6 Å². The van der Waals surface area contributed by atoms with Crippen LogP contribution in [-0.2, 0) is 33.1 Å². The fourth-order valence-electron chi connectivity index (χ4n) is 12.1. The smallest absolute Gasteiger partial charge is 0.191 e. The van der Waals surface area contributed by atoms with Crippen LogP contribution in [0.25, 0.3) is 52.6 Å². The van der Waals surface area contributed by atoms with Crippen LogP contribution in [0.2, 0.25) is 20.1 Å². The highest BCUT2D eigenvalue weighted by atomic mass is 79.9. The summed E-state index contributed by atoms with van der Waals surface area (Å²) >= 11 is 31.6. The summed E-state index contributed by atoms with van der Waals surface area (Å²) < 4.78 is 53.8. The molecule has 0 spiro atoms. The van der Waals surface area contributed by atoms with E-state index in [2.05, 4.69) is 45.9 Å². The van der Waals surface area contributed by atoms with E-state index in [1.54, 1.807) is 30.3 Å². The summed E-state index contributed by atoms with van der Waals surface area (Å²) in [5.41, 5.74) is 4.61. The van der Waals surface area contributed by atoms with Gasteiger partial charge in [-0.05, 0) is 152 Å². The number of carbonyl (C=O) groups is 1. The van der Waals surface area contributed by atoms with Gasteiger partial charge in [0.25, 0.3) is 0 Å². The summed E-state index contributed by atoms with van der Waals surface area (Å²) in [6, 6.07) is 16.5. The van der Waals surface area contributed by atoms with Crippen LogP contribution in [0.15, 0.2) is 73.6 Å². The van der Waals surface area contributed by atoms with Gasteiger partial charge in [-0.25, -0.2) is 28.4 Å². The lowest BCUT2D eigenvalue weighted by molar-refractivity contribution is -0.118. The molecule has 1 N–H and O–H groups in total. The van der Waals surface area contributed by atoms with Crippen LogP contribution in [0.4, 0.5) is 20.2 Å². The number of carbonyl (C=O) groups excluding carboxylic acids is 1. The molecule has 6 aliphatic carbocycles. The number of aliphatic hydroxyl groups is 1. The first-order valence-corrected chi connectivity index (χ1v) is 30.0. The molecule has 0 saturated heterocycles. The first-order chi connectivity index (χ1) is 38.1. The van der Waals surface area contributed by atoms with Gasteiger partial charge in [0, 0.05) is 56.3 Å². The minimum absolute atomic E-state index is 0.0510. The van der Waals surface area contributed by atoms with Gasteiger partial charge in [-0.15, -0.1) is 22.7 Å². The maximum atomic E-state index is 14.5. The average Bonchev–Trinajstić information content (AvgIpc) is 3.85. The number of thiazole rings is 2. The predicted molar refractivity (Wildman–Crippen MR) is 304 cm³/mol. The quantitative estimate of drug-likeness (QED) is 0.124. The second-order valence-electron chi connectivity index (χ2n) is 21.5. The van der Waals surface area contributed by atoms with E-state index < -0.39 is 17.2 Å². The van der Waals surface area contributed by atoms with Crippen molar-refractivity contribution in [2.24, 2.45) is 23.7 Å². The van der Waals surface area contributed by atoms with Crippen LogP contribution in [0.5, 0.6) is 0 Å². The standard InChI is InChI=1S/C29H24Cl2FN3O3S.C21H21Cl2NO3.C8H2BrFN2S/c1-33-17-9-22(32)26-23(10-17)39-28(34-26)29(36)11-15-7-18(8-16(15)12-29)37-13-19-25(35-38-27(19)14-5-6-14)24-20(30)3-2-4-21(24)31;22-17-2-1-3-18(23)19(17)20-16(21(27-24-20)11-4-5-11)10-26-15-8-12-6-14(25)7-13(12)9-15;1-11-4-2-5(10)7-6(3-4)13-8(9)12-7/h2-4,9-10,14-16,18,36H,5-8,11-13H2;1-3,11-13,15H,4-10H2;2-3H/t15-,16+,18?,29?;12-,13+,15?;. The molecule has 4 aromatic carbocycles. The molecule has 0 bridgehead atoms. The normalized spacial score (nSPS) is 24.0. The first-order valence-electron chi connectivity index (χ1n) is 26.1. The molecule has 406 valence electrons. The SMILES string of the molecule is O=C1C[C@@H]2CC(OCc3c(-c4c(Cl)cccc4Cl)noc3C3CC3)C[C@@H]2C1.[C-]#[N+]c1cc(F)c2nc(Br)sc2c1.[C-]#[N+]c1cc(F)c2nc(C3(O)C[C@H]4CC(OCc5c(-c6c(Cl)cccc6Cl)noc5C5CC5)C[C@H]4C3)sc2c1. The zero-order chi connectivity index (χ0) is 54.9. The number of rotatable bonds is 11. The molecule has 0 amide bonds. The molecule has 8 aromatic rings. The molecule has 21 heteroatoms. The van der Waals surface area contributed by atoms with E-state index in [4.69, 9.17) is 78.1 Å². The molecule has 0 radical (unpaired) electrons. The largest absolute Gasteiger partial charge is 0.383 e. The molecular formula is C58H47BrCl4F2N6O6S2. The van der Waals surface area contributed by atoms with Gasteiger partial charge in [0.15, 0.2) is 15.3 Å². The number of fused-ring (bicyclic) bond motifs is 4. The van der Waals surface area contributed by atoms with Crippen molar-refractivity contribution in [2.45, 2.75) is 120 Å². The molecule has 4 heterocycles. The van der Waals surface area contributed by atoms with E-state index in [1.807, 2.05) is 18.2 Å². The monoisotopic (exact) mass is 1240 g/mol. The Morgan fingerprint density at radius 1 is 0.671 bits per heavy atom. The highest BCUT2D eigenvalue weighted by Crippen LogP contribution is 2.55. The summed E-state index contributed by atoms with van der Waals surface area (Å²) in [5, 5.41) is 22.9. The number of ketones is 1. The Kier molecular flexibility index (Phi) is 15.5. The highest BCUT2D eigenvalue weighted by Gasteiger charge is 2.51. The molecule has 0 aliphatic heterocycles. The predicted octanol–water partition coefficient (Wildman–Crippen LogP) is 18.0. The van der Waals surface area contributed by atoms with Crippen molar-refractivity contribution in [3.8, 4) is 22.5 Å².